The summed E-state index contributed by atoms with van der Waals surface area (Å²) < 4.78 is 10.6. The number of alkyl halides is 1. The van der Waals surface area contributed by atoms with Crippen molar-refractivity contribution < 1.29 is 23.9 Å². The van der Waals surface area contributed by atoms with Crippen molar-refractivity contribution in [2.75, 3.05) is 20.1 Å². The number of carbonyl (C=O) groups is 3. The molecule has 5 nitrogen and oxygen atoms in total. The summed E-state index contributed by atoms with van der Waals surface area (Å²) in [7, 11) is 2.86. The quantitative estimate of drug-likeness (QED) is 0.656. The average molecular weight is 359 g/mol. The molecule has 0 atom stereocenters. The Kier molecular flexibility index (Phi) is 4.59. The third-order valence-electron chi connectivity index (χ3n) is 4.12. The lowest BCUT2D eigenvalue weighted by Gasteiger charge is -2.22. The molecule has 25 heavy (non-hydrogen) atoms. The van der Waals surface area contributed by atoms with Crippen molar-refractivity contribution in [2.45, 2.75) is 6.42 Å². The van der Waals surface area contributed by atoms with Crippen molar-refractivity contribution in [3.63, 3.8) is 0 Å². The second-order valence-electron chi connectivity index (χ2n) is 5.61. The van der Waals surface area contributed by atoms with E-state index in [0.717, 1.165) is 0 Å². The van der Waals surface area contributed by atoms with Crippen molar-refractivity contribution in [3.05, 3.63) is 58.1 Å². The molecule has 0 bridgehead atoms. The van der Waals surface area contributed by atoms with Gasteiger partial charge in [0.25, 0.3) is 0 Å². The molecule has 1 aliphatic rings. The first-order chi connectivity index (χ1) is 12.0. The topological polar surface area (TPSA) is 69.7 Å². The fourth-order valence-electron chi connectivity index (χ4n) is 3.02. The molecular formula is C19H15ClO5. The zero-order valence-electron chi connectivity index (χ0n) is 13.7. The average Bonchev–Trinajstić information content (AvgIpc) is 2.64. The number of Topliss-reactive ketones (excluding diaryl/α,β-unsaturated/α-hetero) is 1. The Morgan fingerprint density at radius 3 is 2.28 bits per heavy atom. The van der Waals surface area contributed by atoms with Crippen LogP contribution in [0, 0.1) is 0 Å². The van der Waals surface area contributed by atoms with Gasteiger partial charge in [0.1, 0.15) is 11.5 Å². The summed E-state index contributed by atoms with van der Waals surface area (Å²) in [5.41, 5.74) is 1.49. The van der Waals surface area contributed by atoms with Crippen LogP contribution in [-0.2, 0) is 11.2 Å². The molecule has 0 amide bonds. The predicted octanol–water partition coefficient (Wildman–Crippen LogP) is 2.83. The largest absolute Gasteiger partial charge is 0.496 e. The maximum Gasteiger partial charge on any atom is 0.201 e. The van der Waals surface area contributed by atoms with Crippen LogP contribution in [0.4, 0.5) is 0 Å². The van der Waals surface area contributed by atoms with Crippen LogP contribution in [0.2, 0.25) is 0 Å². The Morgan fingerprint density at radius 2 is 1.64 bits per heavy atom. The fourth-order valence-corrected chi connectivity index (χ4v) is 3.11. The highest BCUT2D eigenvalue weighted by molar-refractivity contribution is 6.30. The van der Waals surface area contributed by atoms with Crippen LogP contribution in [0.15, 0.2) is 30.3 Å². The molecule has 0 aromatic heterocycles. The molecule has 0 N–H and O–H groups in total. The van der Waals surface area contributed by atoms with E-state index in [9.17, 15) is 14.4 Å². The number of fused-ring (bicyclic) bond motifs is 2. The number of ether oxygens (including phenoxy) is 2. The maximum atomic E-state index is 13.0. The van der Waals surface area contributed by atoms with Gasteiger partial charge in [0, 0.05) is 17.5 Å². The third kappa shape index (κ3) is 2.81. The van der Waals surface area contributed by atoms with Gasteiger partial charge in [0.05, 0.1) is 31.2 Å². The van der Waals surface area contributed by atoms with Crippen LogP contribution < -0.4 is 9.47 Å². The SMILES string of the molecule is COc1cccc2c1C(=O)c1c(OC)cc(CC(=O)CCl)cc1C2=O. The van der Waals surface area contributed by atoms with Crippen molar-refractivity contribution >= 4 is 29.0 Å². The van der Waals surface area contributed by atoms with Gasteiger partial charge >= 0.3 is 0 Å². The van der Waals surface area contributed by atoms with Crippen LogP contribution in [0.25, 0.3) is 0 Å². The summed E-state index contributed by atoms with van der Waals surface area (Å²) in [4.78, 5) is 37.6. The summed E-state index contributed by atoms with van der Waals surface area (Å²) in [5, 5.41) is 0. The van der Waals surface area contributed by atoms with Gasteiger partial charge in [-0.3, -0.25) is 14.4 Å². The van der Waals surface area contributed by atoms with E-state index in [0.29, 0.717) is 11.3 Å². The number of hydrogen-bond acceptors (Lipinski definition) is 5. The van der Waals surface area contributed by atoms with Gasteiger partial charge in [-0.15, -0.1) is 11.6 Å². The second kappa shape index (κ2) is 6.69. The lowest BCUT2D eigenvalue weighted by atomic mass is 9.82. The smallest absolute Gasteiger partial charge is 0.201 e. The first-order valence-corrected chi connectivity index (χ1v) is 8.10. The number of hydrogen-bond donors (Lipinski definition) is 0. The molecule has 2 aromatic rings. The van der Waals surface area contributed by atoms with E-state index in [-0.39, 0.29) is 57.7 Å². The Balaban J connectivity index is 2.22. The van der Waals surface area contributed by atoms with Gasteiger partial charge in [-0.2, -0.15) is 0 Å². The Hall–Kier alpha value is -2.66. The van der Waals surface area contributed by atoms with Crippen molar-refractivity contribution in [1.82, 2.24) is 0 Å². The van der Waals surface area contributed by atoms with Crippen LogP contribution in [0.3, 0.4) is 0 Å². The fraction of sp³-hybridized carbons (Fsp3) is 0.211. The van der Waals surface area contributed by atoms with E-state index in [4.69, 9.17) is 21.1 Å². The van der Waals surface area contributed by atoms with E-state index in [1.165, 1.54) is 14.2 Å². The number of methoxy groups -OCH3 is 2. The molecule has 3 rings (SSSR count). The molecule has 0 saturated carbocycles. The maximum absolute atomic E-state index is 13.0. The molecule has 2 aromatic carbocycles. The molecular weight excluding hydrogens is 344 g/mol. The van der Waals surface area contributed by atoms with Crippen LogP contribution in [0.5, 0.6) is 11.5 Å². The predicted molar refractivity (Wildman–Crippen MR) is 92.3 cm³/mol. The summed E-state index contributed by atoms with van der Waals surface area (Å²) in [5.74, 6) is -0.349. The summed E-state index contributed by atoms with van der Waals surface area (Å²) in [6.45, 7) is 0. The van der Waals surface area contributed by atoms with Crippen molar-refractivity contribution in [1.29, 1.82) is 0 Å². The molecule has 0 radical (unpaired) electrons. The number of carbonyl (C=O) groups excluding carboxylic acids is 3. The number of halogens is 1. The van der Waals surface area contributed by atoms with Crippen molar-refractivity contribution in [2.24, 2.45) is 0 Å². The van der Waals surface area contributed by atoms with E-state index >= 15 is 0 Å². The summed E-state index contributed by atoms with van der Waals surface area (Å²) in [6.07, 6.45) is 0.0690. The lowest BCUT2D eigenvalue weighted by molar-refractivity contribution is -0.116. The molecule has 0 heterocycles. The second-order valence-corrected chi connectivity index (χ2v) is 5.88. The van der Waals surface area contributed by atoms with Gasteiger partial charge < -0.3 is 9.47 Å². The molecule has 0 unspecified atom stereocenters. The number of rotatable bonds is 5. The minimum absolute atomic E-state index is 0.0690. The summed E-state index contributed by atoms with van der Waals surface area (Å²) >= 11 is 5.56. The normalized spacial score (nSPS) is 12.4. The molecule has 128 valence electrons. The van der Waals surface area contributed by atoms with Crippen molar-refractivity contribution in [3.8, 4) is 11.5 Å². The molecule has 0 fully saturated rings. The van der Waals surface area contributed by atoms with E-state index in [1.807, 2.05) is 0 Å². The standard InChI is InChI=1S/C19H15ClO5/c1-24-14-5-3-4-12-16(14)19(23)17-13(18(12)22)7-10(6-11(21)9-20)8-15(17)25-2/h3-5,7-8H,6,9H2,1-2H3. The Labute approximate surface area is 149 Å². The van der Waals surface area contributed by atoms with E-state index in [2.05, 4.69) is 0 Å². The number of benzene rings is 2. The highest BCUT2D eigenvalue weighted by Gasteiger charge is 2.35. The minimum Gasteiger partial charge on any atom is -0.496 e. The zero-order valence-corrected chi connectivity index (χ0v) is 14.5. The molecule has 0 aliphatic heterocycles. The molecule has 1 aliphatic carbocycles. The van der Waals surface area contributed by atoms with Crippen LogP contribution in [0.1, 0.15) is 37.4 Å². The Bertz CT molecular complexity index is 901. The molecule has 6 heteroatoms. The van der Waals surface area contributed by atoms with Gasteiger partial charge in [0.2, 0.25) is 5.78 Å². The van der Waals surface area contributed by atoms with E-state index in [1.54, 1.807) is 30.3 Å². The summed E-state index contributed by atoms with van der Waals surface area (Å²) in [6, 6.07) is 8.03. The Morgan fingerprint density at radius 1 is 0.960 bits per heavy atom. The first-order valence-electron chi connectivity index (χ1n) is 7.56. The zero-order chi connectivity index (χ0) is 18.1. The van der Waals surface area contributed by atoms with Gasteiger partial charge in [-0.1, -0.05) is 12.1 Å². The van der Waals surface area contributed by atoms with Crippen LogP contribution >= 0.6 is 11.6 Å². The lowest BCUT2D eigenvalue weighted by Crippen LogP contribution is -2.23. The van der Waals surface area contributed by atoms with E-state index < -0.39 is 0 Å². The first kappa shape index (κ1) is 17.2. The third-order valence-corrected chi connectivity index (χ3v) is 4.42. The van der Waals surface area contributed by atoms with Crippen LogP contribution in [-0.4, -0.2) is 37.4 Å². The highest BCUT2D eigenvalue weighted by atomic mass is 35.5. The molecule has 0 saturated heterocycles. The van der Waals surface area contributed by atoms with Gasteiger partial charge in [-0.25, -0.2) is 0 Å². The molecule has 0 spiro atoms. The minimum atomic E-state index is -0.339. The number of ketones is 3. The van der Waals surface area contributed by atoms with Gasteiger partial charge in [0.15, 0.2) is 11.6 Å². The highest BCUT2D eigenvalue weighted by Crippen LogP contribution is 2.38. The monoisotopic (exact) mass is 358 g/mol. The van der Waals surface area contributed by atoms with Gasteiger partial charge in [-0.05, 0) is 23.8 Å².